The fraction of sp³-hybridized carbons (Fsp3) is 0.341. The molecule has 2 atom stereocenters. The summed E-state index contributed by atoms with van der Waals surface area (Å²) in [5.74, 6) is -0.101. The van der Waals surface area contributed by atoms with Gasteiger partial charge in [0.05, 0.1) is 28.9 Å². The molecule has 3 fully saturated rings. The number of aromatic amines is 1. The molecule has 2 aromatic heterocycles. The van der Waals surface area contributed by atoms with E-state index in [0.29, 0.717) is 35.5 Å². The Kier molecular flexibility index (Phi) is 10.8. The van der Waals surface area contributed by atoms with Crippen molar-refractivity contribution >= 4 is 33.8 Å². The number of carboxylic acid groups (broad SMARTS) is 1. The number of piperidine rings is 3. The average molecular weight is 758 g/mol. The second-order valence-corrected chi connectivity index (χ2v) is 15.1. The molecule has 0 saturated carbocycles. The molecule has 3 saturated heterocycles. The number of fused-ring (bicyclic) bond motifs is 5. The number of anilines is 1. The molecule has 0 aliphatic carbocycles. The molecule has 0 unspecified atom stereocenters. The average Bonchev–Trinajstić information content (AvgIpc) is 3.52. The Morgan fingerprint density at radius 1 is 0.929 bits per heavy atom. The number of hydrogen-bond donors (Lipinski definition) is 5. The highest BCUT2D eigenvalue weighted by atomic mass is 16.4. The zero-order valence-electron chi connectivity index (χ0n) is 31.2. The van der Waals surface area contributed by atoms with Crippen LogP contribution in [0.4, 0.5) is 10.5 Å². The van der Waals surface area contributed by atoms with Crippen molar-refractivity contribution in [2.75, 3.05) is 31.1 Å². The van der Waals surface area contributed by atoms with Gasteiger partial charge in [-0.1, -0.05) is 61.0 Å². The largest absolute Gasteiger partial charge is 0.506 e. The van der Waals surface area contributed by atoms with E-state index in [2.05, 4.69) is 33.4 Å². The Labute approximate surface area is 323 Å². The van der Waals surface area contributed by atoms with Gasteiger partial charge in [-0.15, -0.1) is 0 Å². The Balaban J connectivity index is 0.883. The van der Waals surface area contributed by atoms with Gasteiger partial charge in [0.25, 0.3) is 0 Å². The minimum absolute atomic E-state index is 0.0626. The summed E-state index contributed by atoms with van der Waals surface area (Å²) < 4.78 is 7.29. The van der Waals surface area contributed by atoms with E-state index in [-0.39, 0.29) is 29.4 Å². The van der Waals surface area contributed by atoms with Gasteiger partial charge in [-0.05, 0) is 104 Å². The van der Waals surface area contributed by atoms with Crippen molar-refractivity contribution in [3.8, 4) is 16.9 Å². The number of aromatic nitrogens is 2. The summed E-state index contributed by atoms with van der Waals surface area (Å²) >= 11 is 0. The minimum Gasteiger partial charge on any atom is -0.506 e. The first kappa shape index (κ1) is 37.2. The van der Waals surface area contributed by atoms with Gasteiger partial charge >= 0.3 is 11.8 Å². The van der Waals surface area contributed by atoms with Gasteiger partial charge in [-0.3, -0.25) is 14.3 Å². The zero-order chi connectivity index (χ0) is 38.8. The van der Waals surface area contributed by atoms with E-state index >= 15 is 0 Å². The fourth-order valence-electron chi connectivity index (χ4n) is 8.66. The van der Waals surface area contributed by atoms with Crippen LogP contribution >= 0.6 is 0 Å². The van der Waals surface area contributed by atoms with Crippen LogP contribution in [-0.4, -0.2) is 68.1 Å². The number of hydrogen-bond acceptors (Lipinski definition) is 8. The van der Waals surface area contributed by atoms with E-state index in [4.69, 9.17) is 4.42 Å². The minimum atomic E-state index is -0.905. The van der Waals surface area contributed by atoms with Crippen molar-refractivity contribution in [2.45, 2.75) is 63.8 Å². The van der Waals surface area contributed by atoms with Gasteiger partial charge in [0, 0.05) is 43.2 Å². The Hall–Kier alpha value is -5.69. The normalized spacial score (nSPS) is 18.4. The zero-order valence-corrected chi connectivity index (χ0v) is 31.2. The number of carbonyl (C=O) groups is 1. The number of nitrogens with one attached hydrogen (secondary N) is 2. The lowest BCUT2D eigenvalue weighted by molar-refractivity contribution is 0.0837. The molecule has 9 rings (SSSR count). The lowest BCUT2D eigenvalue weighted by Gasteiger charge is -2.48. The highest BCUT2D eigenvalue weighted by Gasteiger charge is 2.41. The molecule has 56 heavy (non-hydrogen) atoms. The van der Waals surface area contributed by atoms with E-state index in [0.717, 1.165) is 91.6 Å². The van der Waals surface area contributed by atoms with Gasteiger partial charge in [0.2, 0.25) is 5.56 Å². The summed E-state index contributed by atoms with van der Waals surface area (Å²) in [4.78, 5) is 44.2. The first-order chi connectivity index (χ1) is 27.2. The quantitative estimate of drug-likeness (QED) is 0.0768. The van der Waals surface area contributed by atoms with Gasteiger partial charge in [-0.2, -0.15) is 0 Å². The lowest BCUT2D eigenvalue weighted by atomic mass is 9.82. The molecule has 0 spiro atoms. The Morgan fingerprint density at radius 2 is 1.73 bits per heavy atom. The Morgan fingerprint density at radius 3 is 2.50 bits per heavy atom. The summed E-state index contributed by atoms with van der Waals surface area (Å²) in [6, 6.07) is 27.9. The number of aryl methyl sites for hydroxylation is 2. The maximum Gasteiger partial charge on any atom is 0.419 e. The molecule has 6 aromatic rings. The molecular formula is C44H47N5O7. The number of phenols is 1. The molecule has 3 aliphatic heterocycles. The molecule has 3 aliphatic rings. The SMILES string of the molecule is O=C(O)N(c1cc(CCCCCn2c(=O)oc3cc(CNC[C@H](O)c4ccc(O)c5[nH]c(=O)ccc45)ccc32)ccc1-c1ccccc1)[C@H]1CN2CCC1CC2. The number of oxazole rings is 1. The van der Waals surface area contributed by atoms with Crippen molar-refractivity contribution in [2.24, 2.45) is 5.92 Å². The summed E-state index contributed by atoms with van der Waals surface area (Å²) in [6.45, 7) is 4.02. The number of aromatic hydroxyl groups is 1. The molecule has 4 aromatic carbocycles. The number of benzene rings is 4. The standard InChI is InChI=1S/C44H47N5O7/c50-38-16-13-33(34-14-17-41(52)46-42(34)38)39(51)26-45-25-29-11-15-35-40(24-29)56-44(55)48(35)20-6-2-3-7-28-10-12-32(30-8-4-1-5-9-30)36(23-28)49(43(53)54)37-27-47-21-18-31(37)19-22-47/h1,4-5,8-17,23-24,31,37,39,45,50-51H,2-3,6-7,18-22,25-27H2,(H,46,52)(H,53,54)/t37-,39-/m0/s1. The maximum atomic E-state index is 12.9. The van der Waals surface area contributed by atoms with E-state index in [1.807, 2.05) is 48.5 Å². The number of pyridine rings is 1. The smallest absolute Gasteiger partial charge is 0.419 e. The van der Waals surface area contributed by atoms with Gasteiger partial charge < -0.3 is 34.9 Å². The molecule has 5 N–H and O–H groups in total. The third-order valence-corrected chi connectivity index (χ3v) is 11.6. The van der Waals surface area contributed by atoms with Crippen LogP contribution in [0, 0.1) is 5.92 Å². The Bertz CT molecular complexity index is 2470. The second kappa shape index (κ2) is 16.2. The molecule has 2 bridgehead atoms. The molecule has 0 radical (unpaired) electrons. The first-order valence-electron chi connectivity index (χ1n) is 19.5. The van der Waals surface area contributed by atoms with Crippen molar-refractivity contribution in [1.29, 1.82) is 0 Å². The maximum absolute atomic E-state index is 12.9. The molecule has 5 heterocycles. The third-order valence-electron chi connectivity index (χ3n) is 11.6. The molecule has 12 nitrogen and oxygen atoms in total. The summed E-state index contributed by atoms with van der Waals surface area (Å²) in [5.41, 5.74) is 6.42. The highest BCUT2D eigenvalue weighted by molar-refractivity contribution is 5.94. The number of rotatable bonds is 14. The monoisotopic (exact) mass is 757 g/mol. The predicted molar refractivity (Wildman–Crippen MR) is 216 cm³/mol. The molecule has 1 amide bonds. The van der Waals surface area contributed by atoms with Crippen LogP contribution in [-0.2, 0) is 19.5 Å². The van der Waals surface area contributed by atoms with Crippen LogP contribution in [0.25, 0.3) is 33.1 Å². The van der Waals surface area contributed by atoms with Crippen LogP contribution < -0.4 is 21.5 Å². The number of aliphatic hydroxyl groups excluding tert-OH is 1. The van der Waals surface area contributed by atoms with E-state index in [9.17, 15) is 29.7 Å². The fourth-order valence-corrected chi connectivity index (χ4v) is 8.66. The number of aliphatic hydroxyl groups is 1. The molecular weight excluding hydrogens is 711 g/mol. The number of amides is 1. The summed E-state index contributed by atoms with van der Waals surface area (Å²) in [7, 11) is 0. The van der Waals surface area contributed by atoms with Gasteiger partial charge in [0.15, 0.2) is 5.58 Å². The van der Waals surface area contributed by atoms with E-state index in [1.165, 1.54) is 12.1 Å². The predicted octanol–water partition coefficient (Wildman–Crippen LogP) is 6.62. The van der Waals surface area contributed by atoms with Gasteiger partial charge in [0.1, 0.15) is 5.75 Å². The van der Waals surface area contributed by atoms with Crippen LogP contribution in [0.2, 0.25) is 0 Å². The van der Waals surface area contributed by atoms with Crippen LogP contribution in [0.5, 0.6) is 5.75 Å². The molecule has 12 heteroatoms. The van der Waals surface area contributed by atoms with Crippen molar-refractivity contribution in [1.82, 2.24) is 19.8 Å². The number of nitrogens with zero attached hydrogens (tertiary/aromatic N) is 3. The van der Waals surface area contributed by atoms with Crippen molar-refractivity contribution < 1.29 is 24.5 Å². The third kappa shape index (κ3) is 7.73. The second-order valence-electron chi connectivity index (χ2n) is 15.1. The first-order valence-corrected chi connectivity index (χ1v) is 19.5. The van der Waals surface area contributed by atoms with Crippen LogP contribution in [0.1, 0.15) is 54.9 Å². The van der Waals surface area contributed by atoms with Gasteiger partial charge in [-0.25, -0.2) is 9.59 Å². The summed E-state index contributed by atoms with van der Waals surface area (Å²) in [5, 5.41) is 35.5. The lowest BCUT2D eigenvalue weighted by Crippen LogP contribution is -2.59. The number of unbranched alkanes of at least 4 members (excludes halogenated alkanes) is 2. The van der Waals surface area contributed by atoms with Crippen molar-refractivity contribution in [3.05, 3.63) is 129 Å². The highest BCUT2D eigenvalue weighted by Crippen LogP contribution is 2.39. The van der Waals surface area contributed by atoms with Crippen LogP contribution in [0.3, 0.4) is 0 Å². The molecule has 290 valence electrons. The van der Waals surface area contributed by atoms with E-state index < -0.39 is 18.0 Å². The number of H-pyrrole nitrogens is 1. The number of phenolic OH excluding ortho intramolecular Hbond substituents is 1. The summed E-state index contributed by atoms with van der Waals surface area (Å²) in [6.07, 6.45) is 3.61. The topological polar surface area (TPSA) is 164 Å². The van der Waals surface area contributed by atoms with Crippen LogP contribution in [0.15, 0.2) is 105 Å². The van der Waals surface area contributed by atoms with Crippen molar-refractivity contribution in [3.63, 3.8) is 0 Å². The van der Waals surface area contributed by atoms with E-state index in [1.54, 1.807) is 21.6 Å².